The molecule has 0 aromatic heterocycles. The van der Waals surface area contributed by atoms with Crippen LogP contribution in [-0.4, -0.2) is 35.9 Å². The Labute approximate surface area is 155 Å². The molecule has 0 heterocycles. The van der Waals surface area contributed by atoms with Crippen LogP contribution in [0, 0.1) is 5.41 Å². The third kappa shape index (κ3) is 4.78. The molecule has 0 bridgehead atoms. The predicted molar refractivity (Wildman–Crippen MR) is 95.8 cm³/mol. The molecular weight excluding hydrogens is 361 g/mol. The summed E-state index contributed by atoms with van der Waals surface area (Å²) in [6.45, 7) is 2.01. The fourth-order valence-electron chi connectivity index (χ4n) is 2.55. The average Bonchev–Trinajstić information content (AvgIpc) is 3.41. The summed E-state index contributed by atoms with van der Waals surface area (Å²) in [5, 5.41) is 2.33. The van der Waals surface area contributed by atoms with Crippen LogP contribution in [0.4, 0.5) is 18.9 Å². The van der Waals surface area contributed by atoms with Crippen LogP contribution in [0.25, 0.3) is 0 Å². The van der Waals surface area contributed by atoms with Gasteiger partial charge in [-0.05, 0) is 37.0 Å². The number of guanidine groups is 1. The van der Waals surface area contributed by atoms with Crippen molar-refractivity contribution in [1.29, 1.82) is 0 Å². The van der Waals surface area contributed by atoms with Gasteiger partial charge in [0.25, 0.3) is 0 Å². The second-order valence-electron chi connectivity index (χ2n) is 6.61. The minimum Gasteiger partial charge on any atom is -0.369 e. The van der Waals surface area contributed by atoms with Gasteiger partial charge in [-0.25, -0.2) is 4.99 Å². The molecule has 1 fully saturated rings. The Kier molecular flexibility index (Phi) is 6.12. The number of carbonyl (C=O) groups excluding carboxylic acids is 2. The quantitative estimate of drug-likeness (QED) is 0.584. The first-order chi connectivity index (χ1) is 12.6. The van der Waals surface area contributed by atoms with E-state index in [2.05, 4.69) is 10.3 Å². The van der Waals surface area contributed by atoms with Gasteiger partial charge in [0.15, 0.2) is 5.96 Å². The van der Waals surface area contributed by atoms with Crippen LogP contribution in [0.1, 0.15) is 38.2 Å². The van der Waals surface area contributed by atoms with Crippen molar-refractivity contribution in [3.63, 3.8) is 0 Å². The fourth-order valence-corrected chi connectivity index (χ4v) is 2.55. The van der Waals surface area contributed by atoms with Gasteiger partial charge in [-0.3, -0.25) is 14.5 Å². The molecule has 0 atom stereocenters. The maximum Gasteiger partial charge on any atom is 0.403 e. The van der Waals surface area contributed by atoms with Gasteiger partial charge < -0.3 is 11.1 Å². The first kappa shape index (κ1) is 20.7. The summed E-state index contributed by atoms with van der Waals surface area (Å²) in [6.07, 6.45) is -3.89. The lowest BCUT2D eigenvalue weighted by atomic mass is 10.1. The van der Waals surface area contributed by atoms with Crippen LogP contribution in [-0.2, 0) is 16.1 Å². The molecule has 1 aliphatic rings. The highest BCUT2D eigenvalue weighted by Crippen LogP contribution is 2.58. The molecule has 6 nitrogen and oxygen atoms in total. The van der Waals surface area contributed by atoms with Crippen LogP contribution in [0.15, 0.2) is 29.3 Å². The van der Waals surface area contributed by atoms with Crippen molar-refractivity contribution in [3.05, 3.63) is 29.8 Å². The second-order valence-corrected chi connectivity index (χ2v) is 6.61. The van der Waals surface area contributed by atoms with E-state index in [0.717, 1.165) is 0 Å². The van der Waals surface area contributed by atoms with Gasteiger partial charge in [0.1, 0.15) is 5.41 Å². The zero-order chi connectivity index (χ0) is 20.2. The minimum atomic E-state index is -4.55. The molecule has 2 rings (SSSR count). The van der Waals surface area contributed by atoms with Crippen molar-refractivity contribution in [3.8, 4) is 0 Å². The Bertz CT molecular complexity index is 742. The molecule has 0 unspecified atom stereocenters. The number of nitrogens with zero attached hydrogens (tertiary/aromatic N) is 2. The predicted octanol–water partition coefficient (Wildman–Crippen LogP) is 3.04. The van der Waals surface area contributed by atoms with E-state index < -0.39 is 17.5 Å². The molecule has 2 amide bonds. The Morgan fingerprint density at radius 2 is 2.00 bits per heavy atom. The monoisotopic (exact) mass is 384 g/mol. The molecular formula is C18H23F3N4O2. The molecule has 148 valence electrons. The zero-order valence-corrected chi connectivity index (χ0v) is 15.3. The summed E-state index contributed by atoms with van der Waals surface area (Å²) in [5.41, 5.74) is 4.42. The Balaban J connectivity index is 2.02. The Hall–Kier alpha value is -2.58. The van der Waals surface area contributed by atoms with Crippen LogP contribution >= 0.6 is 0 Å². The zero-order valence-electron chi connectivity index (χ0n) is 15.3. The van der Waals surface area contributed by atoms with Crippen LogP contribution in [0.3, 0.4) is 0 Å². The maximum absolute atomic E-state index is 13.0. The van der Waals surface area contributed by atoms with Gasteiger partial charge in [0.05, 0.1) is 6.54 Å². The van der Waals surface area contributed by atoms with E-state index in [1.54, 1.807) is 12.1 Å². The summed E-state index contributed by atoms with van der Waals surface area (Å²) in [4.78, 5) is 29.2. The van der Waals surface area contributed by atoms with E-state index in [1.165, 1.54) is 24.1 Å². The number of hydrogen-bond donors (Lipinski definition) is 2. The normalized spacial score (nSPS) is 16.0. The molecule has 0 aliphatic heterocycles. The standard InChI is InChI=1S/C18H23F3N4O2/c1-3-5-14(26)25(2)16(22)23-11-12-6-4-7-13(10-12)24-15(27)17(8-9-17)18(19,20)21/h4,6-7,10H,3,5,8-9,11H2,1-2H3,(H2,22,23)(H,24,27). The van der Waals surface area contributed by atoms with Gasteiger partial charge in [-0.2, -0.15) is 13.2 Å². The van der Waals surface area contributed by atoms with Crippen molar-refractivity contribution in [1.82, 2.24) is 4.90 Å². The largest absolute Gasteiger partial charge is 0.403 e. The Morgan fingerprint density at radius 1 is 1.33 bits per heavy atom. The van der Waals surface area contributed by atoms with Crippen molar-refractivity contribution >= 4 is 23.5 Å². The molecule has 1 aromatic rings. The highest BCUT2D eigenvalue weighted by molar-refractivity contribution is 5.98. The topological polar surface area (TPSA) is 87.8 Å². The summed E-state index contributed by atoms with van der Waals surface area (Å²) in [5.74, 6) is -1.14. The summed E-state index contributed by atoms with van der Waals surface area (Å²) < 4.78 is 39.0. The SMILES string of the molecule is CCCC(=O)N(C)C(N)=NCc1cccc(NC(=O)C2(C(F)(F)F)CC2)c1. The van der Waals surface area contributed by atoms with Crippen molar-refractivity contribution in [2.45, 2.75) is 45.3 Å². The molecule has 9 heteroatoms. The van der Waals surface area contributed by atoms with Gasteiger partial charge in [-0.15, -0.1) is 0 Å². The van der Waals surface area contributed by atoms with Gasteiger partial charge in [0, 0.05) is 19.2 Å². The first-order valence-corrected chi connectivity index (χ1v) is 8.64. The molecule has 1 aromatic carbocycles. The average molecular weight is 384 g/mol. The number of carbonyl (C=O) groups is 2. The van der Waals surface area contributed by atoms with Crippen LogP contribution in [0.5, 0.6) is 0 Å². The molecule has 3 N–H and O–H groups in total. The van der Waals surface area contributed by atoms with Gasteiger partial charge in [0.2, 0.25) is 11.8 Å². The third-order valence-electron chi connectivity index (χ3n) is 4.52. The Morgan fingerprint density at radius 3 is 2.56 bits per heavy atom. The number of nitrogens with two attached hydrogens (primary N) is 1. The number of alkyl halides is 3. The molecule has 0 radical (unpaired) electrons. The molecule has 1 saturated carbocycles. The van der Waals surface area contributed by atoms with E-state index in [0.29, 0.717) is 18.4 Å². The number of benzene rings is 1. The fraction of sp³-hybridized carbons (Fsp3) is 0.500. The lowest BCUT2D eigenvalue weighted by Gasteiger charge is -2.18. The lowest BCUT2D eigenvalue weighted by Crippen LogP contribution is -2.38. The molecule has 0 saturated heterocycles. The van der Waals surface area contributed by atoms with E-state index in [9.17, 15) is 22.8 Å². The summed E-state index contributed by atoms with van der Waals surface area (Å²) in [7, 11) is 1.53. The number of anilines is 1. The van der Waals surface area contributed by atoms with Crippen LogP contribution in [0.2, 0.25) is 0 Å². The lowest BCUT2D eigenvalue weighted by molar-refractivity contribution is -0.189. The van der Waals surface area contributed by atoms with E-state index >= 15 is 0 Å². The first-order valence-electron chi connectivity index (χ1n) is 8.64. The number of amides is 2. The molecule has 0 spiro atoms. The summed E-state index contributed by atoms with van der Waals surface area (Å²) >= 11 is 0. The van der Waals surface area contributed by atoms with Gasteiger partial charge >= 0.3 is 6.18 Å². The second kappa shape index (κ2) is 7.98. The molecule has 27 heavy (non-hydrogen) atoms. The number of halogens is 3. The summed E-state index contributed by atoms with van der Waals surface area (Å²) in [6, 6.07) is 6.36. The highest BCUT2D eigenvalue weighted by atomic mass is 19.4. The minimum absolute atomic E-state index is 0.0527. The smallest absolute Gasteiger partial charge is 0.369 e. The van der Waals surface area contributed by atoms with E-state index in [4.69, 9.17) is 5.73 Å². The van der Waals surface area contributed by atoms with Crippen LogP contribution < -0.4 is 11.1 Å². The van der Waals surface area contributed by atoms with Crippen molar-refractivity contribution < 1.29 is 22.8 Å². The number of rotatable bonds is 6. The number of nitrogens with one attached hydrogen (secondary N) is 1. The van der Waals surface area contributed by atoms with E-state index in [1.807, 2.05) is 6.92 Å². The third-order valence-corrected chi connectivity index (χ3v) is 4.52. The van der Waals surface area contributed by atoms with E-state index in [-0.39, 0.29) is 36.9 Å². The van der Waals surface area contributed by atoms with Crippen molar-refractivity contribution in [2.24, 2.45) is 16.1 Å². The molecule has 1 aliphatic carbocycles. The van der Waals surface area contributed by atoms with Crippen molar-refractivity contribution in [2.75, 3.05) is 12.4 Å². The highest BCUT2D eigenvalue weighted by Gasteiger charge is 2.68. The number of aliphatic imine (C=N–C) groups is 1. The number of hydrogen-bond acceptors (Lipinski definition) is 3. The maximum atomic E-state index is 13.0. The van der Waals surface area contributed by atoms with Gasteiger partial charge in [-0.1, -0.05) is 19.1 Å².